The van der Waals surface area contributed by atoms with Crippen LogP contribution in [-0.2, 0) is 76.7 Å². The highest BCUT2D eigenvalue weighted by molar-refractivity contribution is 5.94. The van der Waals surface area contributed by atoms with E-state index in [9.17, 15) is 33.6 Å². The first-order chi connectivity index (χ1) is 36.8. The number of amides is 4. The van der Waals surface area contributed by atoms with E-state index in [4.69, 9.17) is 18.9 Å². The van der Waals surface area contributed by atoms with Crippen LogP contribution in [0.4, 0.5) is 0 Å². The van der Waals surface area contributed by atoms with Gasteiger partial charge in [-0.15, -0.1) is 0 Å². The summed E-state index contributed by atoms with van der Waals surface area (Å²) in [5.41, 5.74) is 3.40. The molecule has 1 fully saturated rings. The fourth-order valence-electron chi connectivity index (χ4n) is 9.43. The standard InChI is InChI=1S/C58H80N8O12/c1-34(2)24-43-55(71)75-39(10)52(68)63(12)46(27-37(7)8)58(74)78-49(29-41-20-22-42(23-21-41)31-66-33-61-50-47(66)30-59-32-60-50)54(70)65(14)44(25-35(3)4)56(72)76-38(9)51(67)62(11)45(26-36(5)6)57(73)77-48(53(69)64(43)13)28-40-18-16-15-17-19-40/h15-23,30,32-39,43-46,48-49H,24-29,31H2,1-14H3/t38-,39-,43+,44+,45+,46+,48-,49-/m1/s1. The van der Waals surface area contributed by atoms with Gasteiger partial charge in [-0.1, -0.05) is 110 Å². The second kappa shape index (κ2) is 27.9. The molecule has 0 N–H and O–H groups in total. The van der Waals surface area contributed by atoms with Crippen molar-refractivity contribution < 1.29 is 57.3 Å². The zero-order valence-electron chi connectivity index (χ0n) is 47.8. The zero-order chi connectivity index (χ0) is 57.7. The van der Waals surface area contributed by atoms with Crippen LogP contribution in [0, 0.1) is 23.7 Å². The lowest BCUT2D eigenvalue weighted by Crippen LogP contribution is -2.55. The number of hydrogen-bond acceptors (Lipinski definition) is 15. The summed E-state index contributed by atoms with van der Waals surface area (Å²) in [5, 5.41) is 0. The van der Waals surface area contributed by atoms with Gasteiger partial charge in [0.05, 0.1) is 12.5 Å². The number of likely N-dealkylation sites (N-methyl/N-ethyl adjacent to an activating group) is 4. The van der Waals surface area contributed by atoms with Gasteiger partial charge in [0.1, 0.15) is 36.0 Å². The minimum atomic E-state index is -1.55. The SMILES string of the molecule is CC(C)C[C@H]1C(=O)O[C@H](Cc2ccc(Cn3cnc4ncncc43)cc2)C(=O)N(C)[C@@H](CC(C)C)C(=O)O[C@H](C)C(=O)N(C)[C@@H](CC(C)C)C(=O)O[C@H](Cc2ccccc2)C(=O)N(C)[C@@H](CC(C)C)C(=O)O[C@H](C)C(=O)N1C. The molecule has 20 nitrogen and oxygen atoms in total. The molecule has 20 heteroatoms. The number of carbonyl (C=O) groups excluding carboxylic acids is 8. The largest absolute Gasteiger partial charge is 0.451 e. The number of esters is 4. The monoisotopic (exact) mass is 1080 g/mol. The number of imidazole rings is 1. The van der Waals surface area contributed by atoms with Gasteiger partial charge >= 0.3 is 23.9 Å². The van der Waals surface area contributed by atoms with E-state index in [-0.39, 0.29) is 62.2 Å². The third kappa shape index (κ3) is 16.4. The van der Waals surface area contributed by atoms with Crippen LogP contribution in [0.1, 0.15) is 112 Å². The first-order valence-electron chi connectivity index (χ1n) is 26.9. The molecule has 424 valence electrons. The van der Waals surface area contributed by atoms with Crippen LogP contribution in [0.5, 0.6) is 0 Å². The molecule has 5 rings (SSSR count). The molecule has 78 heavy (non-hydrogen) atoms. The van der Waals surface area contributed by atoms with Crippen molar-refractivity contribution in [1.29, 1.82) is 0 Å². The number of benzene rings is 2. The Morgan fingerprint density at radius 3 is 1.22 bits per heavy atom. The summed E-state index contributed by atoms with van der Waals surface area (Å²) in [6, 6.07) is 11.1. The second-order valence-electron chi connectivity index (χ2n) is 22.2. The van der Waals surface area contributed by atoms with Gasteiger partial charge < -0.3 is 43.1 Å². The quantitative estimate of drug-likeness (QED) is 0.107. The van der Waals surface area contributed by atoms with Gasteiger partial charge in [0.15, 0.2) is 30.1 Å². The molecule has 4 amide bonds. The van der Waals surface area contributed by atoms with E-state index >= 15 is 4.79 Å². The third-order valence-electron chi connectivity index (χ3n) is 13.8. The Hall–Kier alpha value is -7.25. The predicted octanol–water partition coefficient (Wildman–Crippen LogP) is 5.85. The van der Waals surface area contributed by atoms with Crippen LogP contribution in [0.2, 0.25) is 0 Å². The van der Waals surface area contributed by atoms with E-state index in [0.717, 1.165) is 30.7 Å². The van der Waals surface area contributed by atoms with Crippen LogP contribution < -0.4 is 0 Å². The number of carbonyl (C=O) groups is 8. The zero-order valence-corrected chi connectivity index (χ0v) is 47.8. The van der Waals surface area contributed by atoms with E-state index in [1.54, 1.807) is 55.0 Å². The summed E-state index contributed by atoms with van der Waals surface area (Å²) in [6.45, 7) is 17.9. The van der Waals surface area contributed by atoms with E-state index in [2.05, 4.69) is 15.0 Å². The lowest BCUT2D eigenvalue weighted by Gasteiger charge is -2.35. The molecule has 0 aliphatic carbocycles. The van der Waals surface area contributed by atoms with Crippen LogP contribution in [0.15, 0.2) is 73.4 Å². The Morgan fingerprint density at radius 2 is 0.821 bits per heavy atom. The van der Waals surface area contributed by atoms with Crippen molar-refractivity contribution in [2.24, 2.45) is 23.7 Å². The molecule has 0 unspecified atom stereocenters. The Kier molecular flexibility index (Phi) is 22.0. The van der Waals surface area contributed by atoms with Crippen molar-refractivity contribution in [3.05, 3.63) is 90.1 Å². The molecule has 0 spiro atoms. The van der Waals surface area contributed by atoms with E-state index < -0.39 is 96.1 Å². The summed E-state index contributed by atoms with van der Waals surface area (Å²) in [6.07, 6.45) is -1.12. The molecule has 1 saturated heterocycles. The van der Waals surface area contributed by atoms with E-state index in [1.165, 1.54) is 48.4 Å². The molecule has 3 heterocycles. The smallest absolute Gasteiger partial charge is 0.329 e. The van der Waals surface area contributed by atoms with Gasteiger partial charge in [-0.25, -0.2) is 34.1 Å². The molecular weight excluding hydrogens is 1000 g/mol. The molecule has 0 bridgehead atoms. The van der Waals surface area contributed by atoms with Crippen molar-refractivity contribution >= 4 is 58.7 Å². The predicted molar refractivity (Wildman–Crippen MR) is 290 cm³/mol. The van der Waals surface area contributed by atoms with E-state index in [1.807, 2.05) is 72.1 Å². The van der Waals surface area contributed by atoms with Crippen molar-refractivity contribution in [2.75, 3.05) is 28.2 Å². The Balaban J connectivity index is 1.59. The number of hydrogen-bond donors (Lipinski definition) is 0. The van der Waals surface area contributed by atoms with Crippen molar-refractivity contribution in [3.8, 4) is 0 Å². The van der Waals surface area contributed by atoms with Crippen molar-refractivity contribution in [1.82, 2.24) is 39.1 Å². The minimum absolute atomic E-state index is 0.0799. The van der Waals surface area contributed by atoms with Gasteiger partial charge in [0.2, 0.25) is 0 Å². The maximum Gasteiger partial charge on any atom is 0.329 e. The molecule has 2 aromatic heterocycles. The summed E-state index contributed by atoms with van der Waals surface area (Å²) in [5.74, 6) is -7.38. The van der Waals surface area contributed by atoms with Crippen LogP contribution in [0.25, 0.3) is 11.2 Å². The third-order valence-corrected chi connectivity index (χ3v) is 13.8. The maximum atomic E-state index is 15.0. The molecule has 0 saturated carbocycles. The number of nitrogens with zero attached hydrogens (tertiary/aromatic N) is 8. The lowest BCUT2D eigenvalue weighted by molar-refractivity contribution is -0.176. The molecule has 1 aliphatic heterocycles. The fourth-order valence-corrected chi connectivity index (χ4v) is 9.43. The number of cyclic esters (lactones) is 4. The molecule has 4 aromatic rings. The molecule has 0 radical (unpaired) electrons. The average Bonchev–Trinajstić information content (AvgIpc) is 3.80. The number of ether oxygens (including phenoxy) is 4. The average molecular weight is 1080 g/mol. The fraction of sp³-hybridized carbons (Fsp3) is 0.569. The first-order valence-corrected chi connectivity index (χ1v) is 26.9. The van der Waals surface area contributed by atoms with Gasteiger partial charge in [-0.3, -0.25) is 19.2 Å². The highest BCUT2D eigenvalue weighted by Crippen LogP contribution is 2.25. The second-order valence-corrected chi connectivity index (χ2v) is 22.2. The van der Waals surface area contributed by atoms with Crippen LogP contribution in [-0.4, -0.2) is 163 Å². The van der Waals surface area contributed by atoms with Crippen molar-refractivity contribution in [3.63, 3.8) is 0 Å². The Bertz CT molecular complexity index is 2690. The summed E-state index contributed by atoms with van der Waals surface area (Å²) < 4.78 is 25.9. The van der Waals surface area contributed by atoms with Gasteiger partial charge in [-0.2, -0.15) is 0 Å². The minimum Gasteiger partial charge on any atom is -0.451 e. The van der Waals surface area contributed by atoms with E-state index in [0.29, 0.717) is 23.3 Å². The topological polar surface area (TPSA) is 230 Å². The molecule has 2 aromatic carbocycles. The molecule has 1 aliphatic rings. The number of aromatic nitrogens is 4. The normalized spacial score (nSPS) is 23.6. The van der Waals surface area contributed by atoms with Crippen LogP contribution >= 0.6 is 0 Å². The highest BCUT2D eigenvalue weighted by Gasteiger charge is 2.43. The van der Waals surface area contributed by atoms with Crippen molar-refractivity contribution in [2.45, 2.75) is 163 Å². The lowest BCUT2D eigenvalue weighted by atomic mass is 9.99. The summed E-state index contributed by atoms with van der Waals surface area (Å²) in [7, 11) is 5.55. The summed E-state index contributed by atoms with van der Waals surface area (Å²) >= 11 is 0. The first kappa shape index (κ1) is 61.6. The highest BCUT2D eigenvalue weighted by atomic mass is 16.6. The van der Waals surface area contributed by atoms with Gasteiger partial charge in [-0.05, 0) is 79.9 Å². The molecule has 8 atom stereocenters. The van der Waals surface area contributed by atoms with Crippen LogP contribution in [0.3, 0.4) is 0 Å². The van der Waals surface area contributed by atoms with Gasteiger partial charge in [0, 0.05) is 47.6 Å². The maximum absolute atomic E-state index is 15.0. The summed E-state index contributed by atoms with van der Waals surface area (Å²) in [4.78, 5) is 134. The Morgan fingerprint density at radius 1 is 0.462 bits per heavy atom. The number of fused-ring (bicyclic) bond motifs is 1. The molecular formula is C58H80N8O12. The number of rotatable bonds is 14. The van der Waals surface area contributed by atoms with Gasteiger partial charge in [0.25, 0.3) is 23.6 Å². The Labute approximate surface area is 458 Å².